The Morgan fingerprint density at radius 2 is 2.30 bits per heavy atom. The molecule has 1 aliphatic heterocycles. The molecular formula is C16H19FN2O3S. The Hall–Kier alpha value is -1.73. The molecule has 1 aromatic heterocycles. The first-order valence-corrected chi connectivity index (χ1v) is 8.62. The zero-order valence-corrected chi connectivity index (χ0v) is 13.6. The van der Waals surface area contributed by atoms with Crippen molar-refractivity contribution in [3.05, 3.63) is 35.3 Å². The molecule has 0 radical (unpaired) electrons. The Morgan fingerprint density at radius 3 is 3.04 bits per heavy atom. The van der Waals surface area contributed by atoms with Gasteiger partial charge in [0.25, 0.3) is 0 Å². The third-order valence-corrected chi connectivity index (χ3v) is 5.30. The summed E-state index contributed by atoms with van der Waals surface area (Å²) in [5, 5.41) is 16.3. The first kappa shape index (κ1) is 16.1. The molecule has 5 nitrogen and oxygen atoms in total. The van der Waals surface area contributed by atoms with Crippen LogP contribution < -0.4 is 10.6 Å². The Labute approximate surface area is 137 Å². The second kappa shape index (κ2) is 6.41. The van der Waals surface area contributed by atoms with Gasteiger partial charge in [0.1, 0.15) is 17.2 Å². The van der Waals surface area contributed by atoms with E-state index in [2.05, 4.69) is 10.6 Å². The molecule has 3 rings (SSSR count). The maximum atomic E-state index is 13.3. The largest absolute Gasteiger partial charge is 0.459 e. The SMILES string of the molecule is Cc1c(CNC(=O)NCC2(O)CCSC2)oc2ccc(F)cc12. The molecular weight excluding hydrogens is 319 g/mol. The van der Waals surface area contributed by atoms with Crippen LogP contribution in [0.25, 0.3) is 11.0 Å². The summed E-state index contributed by atoms with van der Waals surface area (Å²) >= 11 is 1.68. The number of urea groups is 1. The minimum atomic E-state index is -0.811. The molecule has 1 saturated heterocycles. The molecule has 23 heavy (non-hydrogen) atoms. The van der Waals surface area contributed by atoms with Gasteiger partial charge in [-0.25, -0.2) is 9.18 Å². The number of thioether (sulfide) groups is 1. The molecule has 1 fully saturated rings. The zero-order chi connectivity index (χ0) is 16.4. The summed E-state index contributed by atoms with van der Waals surface area (Å²) in [6.45, 7) is 2.27. The molecule has 0 spiro atoms. The Morgan fingerprint density at radius 1 is 1.48 bits per heavy atom. The first-order chi connectivity index (χ1) is 11.0. The minimum absolute atomic E-state index is 0.209. The maximum absolute atomic E-state index is 13.3. The monoisotopic (exact) mass is 338 g/mol. The molecule has 0 bridgehead atoms. The Bertz CT molecular complexity index is 725. The quantitative estimate of drug-likeness (QED) is 0.801. The predicted octanol–water partition coefficient (Wildman–Crippen LogP) is 2.55. The highest BCUT2D eigenvalue weighted by molar-refractivity contribution is 7.99. The van der Waals surface area contributed by atoms with Crippen molar-refractivity contribution in [3.63, 3.8) is 0 Å². The van der Waals surface area contributed by atoms with Gasteiger partial charge in [0.05, 0.1) is 12.1 Å². The number of aryl methyl sites for hydroxylation is 1. The predicted molar refractivity (Wildman–Crippen MR) is 88.0 cm³/mol. The summed E-state index contributed by atoms with van der Waals surface area (Å²) in [7, 11) is 0. The summed E-state index contributed by atoms with van der Waals surface area (Å²) in [6.07, 6.45) is 0.687. The number of hydrogen-bond donors (Lipinski definition) is 3. The number of carbonyl (C=O) groups excluding carboxylic acids is 1. The van der Waals surface area contributed by atoms with Crippen LogP contribution in [-0.2, 0) is 6.54 Å². The van der Waals surface area contributed by atoms with E-state index in [1.54, 1.807) is 17.8 Å². The van der Waals surface area contributed by atoms with Crippen LogP contribution in [0.2, 0.25) is 0 Å². The van der Waals surface area contributed by atoms with Crippen LogP contribution in [0.15, 0.2) is 22.6 Å². The van der Waals surface area contributed by atoms with Crippen molar-refractivity contribution in [1.82, 2.24) is 10.6 Å². The van der Waals surface area contributed by atoms with Crippen molar-refractivity contribution < 1.29 is 18.7 Å². The second-order valence-electron chi connectivity index (χ2n) is 5.85. The van der Waals surface area contributed by atoms with Crippen molar-refractivity contribution in [2.45, 2.75) is 25.5 Å². The topological polar surface area (TPSA) is 74.5 Å². The van der Waals surface area contributed by atoms with E-state index >= 15 is 0 Å². The number of amides is 2. The molecule has 2 heterocycles. The number of benzene rings is 1. The zero-order valence-electron chi connectivity index (χ0n) is 12.8. The lowest BCUT2D eigenvalue weighted by atomic mass is 10.0. The van der Waals surface area contributed by atoms with Crippen LogP contribution in [0.4, 0.5) is 9.18 Å². The summed E-state index contributed by atoms with van der Waals surface area (Å²) < 4.78 is 18.9. The normalized spacial score (nSPS) is 20.8. The summed E-state index contributed by atoms with van der Waals surface area (Å²) in [5.41, 5.74) is 0.596. The van der Waals surface area contributed by atoms with Crippen molar-refractivity contribution in [2.75, 3.05) is 18.1 Å². The van der Waals surface area contributed by atoms with Gasteiger partial charge in [0.15, 0.2) is 0 Å². The fourth-order valence-corrected chi connectivity index (χ4v) is 3.91. The van der Waals surface area contributed by atoms with Gasteiger partial charge < -0.3 is 20.2 Å². The second-order valence-corrected chi connectivity index (χ2v) is 6.96. The first-order valence-electron chi connectivity index (χ1n) is 7.46. The van der Waals surface area contributed by atoms with Crippen LogP contribution in [0, 0.1) is 12.7 Å². The average molecular weight is 338 g/mol. The van der Waals surface area contributed by atoms with Crippen LogP contribution in [0.3, 0.4) is 0 Å². The lowest BCUT2D eigenvalue weighted by Gasteiger charge is -2.21. The van der Waals surface area contributed by atoms with Crippen molar-refractivity contribution in [3.8, 4) is 0 Å². The van der Waals surface area contributed by atoms with E-state index in [1.807, 2.05) is 6.92 Å². The number of aliphatic hydroxyl groups is 1. The third-order valence-electron chi connectivity index (χ3n) is 4.07. The highest BCUT2D eigenvalue weighted by Crippen LogP contribution is 2.27. The molecule has 2 amide bonds. The fraction of sp³-hybridized carbons (Fsp3) is 0.438. The number of furan rings is 1. The minimum Gasteiger partial charge on any atom is -0.459 e. The maximum Gasteiger partial charge on any atom is 0.315 e. The van der Waals surface area contributed by atoms with E-state index in [1.165, 1.54) is 12.1 Å². The van der Waals surface area contributed by atoms with E-state index in [9.17, 15) is 14.3 Å². The molecule has 1 aromatic carbocycles. The standard InChI is InChI=1S/C16H19FN2O3S/c1-10-12-6-11(17)2-3-13(12)22-14(10)7-18-15(20)19-8-16(21)4-5-23-9-16/h2-3,6,21H,4-5,7-9H2,1H3,(H2,18,19,20). The summed E-state index contributed by atoms with van der Waals surface area (Å²) in [4.78, 5) is 11.9. The van der Waals surface area contributed by atoms with Gasteiger partial charge in [0, 0.05) is 23.2 Å². The van der Waals surface area contributed by atoms with Gasteiger partial charge in [-0.3, -0.25) is 0 Å². The van der Waals surface area contributed by atoms with Crippen molar-refractivity contribution >= 4 is 28.8 Å². The number of nitrogens with one attached hydrogen (secondary N) is 2. The van der Waals surface area contributed by atoms with Crippen LogP contribution in [0.1, 0.15) is 17.7 Å². The third kappa shape index (κ3) is 3.61. The number of fused-ring (bicyclic) bond motifs is 1. The molecule has 0 aliphatic carbocycles. The lowest BCUT2D eigenvalue weighted by Crippen LogP contribution is -2.46. The van der Waals surface area contributed by atoms with Gasteiger partial charge in [0.2, 0.25) is 0 Å². The molecule has 3 N–H and O–H groups in total. The van der Waals surface area contributed by atoms with Gasteiger partial charge in [-0.15, -0.1) is 0 Å². The fourth-order valence-electron chi connectivity index (χ4n) is 2.62. The van der Waals surface area contributed by atoms with Gasteiger partial charge in [-0.2, -0.15) is 11.8 Å². The van der Waals surface area contributed by atoms with Crippen LogP contribution >= 0.6 is 11.8 Å². The van der Waals surface area contributed by atoms with Gasteiger partial charge in [-0.05, 0) is 37.3 Å². The summed E-state index contributed by atoms with van der Waals surface area (Å²) in [6, 6.07) is 3.98. The van der Waals surface area contributed by atoms with E-state index < -0.39 is 5.60 Å². The van der Waals surface area contributed by atoms with Crippen molar-refractivity contribution in [2.24, 2.45) is 0 Å². The van der Waals surface area contributed by atoms with Gasteiger partial charge in [-0.1, -0.05) is 0 Å². The Balaban J connectivity index is 1.57. The Kier molecular flexibility index (Phi) is 4.50. The highest BCUT2D eigenvalue weighted by Gasteiger charge is 2.31. The number of hydrogen-bond acceptors (Lipinski definition) is 4. The molecule has 7 heteroatoms. The number of rotatable bonds is 4. The lowest BCUT2D eigenvalue weighted by molar-refractivity contribution is 0.0700. The molecule has 2 aromatic rings. The van der Waals surface area contributed by atoms with Crippen molar-refractivity contribution in [1.29, 1.82) is 0 Å². The number of halogens is 1. The molecule has 124 valence electrons. The highest BCUT2D eigenvalue weighted by atomic mass is 32.2. The van der Waals surface area contributed by atoms with E-state index in [-0.39, 0.29) is 24.9 Å². The molecule has 1 aliphatic rings. The molecule has 0 saturated carbocycles. The van der Waals surface area contributed by atoms with Crippen LogP contribution in [0.5, 0.6) is 0 Å². The smallest absolute Gasteiger partial charge is 0.315 e. The van der Waals surface area contributed by atoms with E-state index in [0.29, 0.717) is 28.9 Å². The molecule has 1 atom stereocenters. The van der Waals surface area contributed by atoms with E-state index in [0.717, 1.165) is 11.3 Å². The van der Waals surface area contributed by atoms with Gasteiger partial charge >= 0.3 is 6.03 Å². The number of carbonyl (C=O) groups is 1. The van der Waals surface area contributed by atoms with Crippen LogP contribution in [-0.4, -0.2) is 34.8 Å². The molecule has 1 unspecified atom stereocenters. The van der Waals surface area contributed by atoms with E-state index in [4.69, 9.17) is 4.42 Å². The summed E-state index contributed by atoms with van der Waals surface area (Å²) in [5.74, 6) is 1.83. The average Bonchev–Trinajstić information content (AvgIpc) is 3.09.